The van der Waals surface area contributed by atoms with Crippen molar-refractivity contribution in [3.8, 4) is 0 Å². The van der Waals surface area contributed by atoms with Crippen molar-refractivity contribution in [1.29, 1.82) is 0 Å². The van der Waals surface area contributed by atoms with E-state index in [1.165, 1.54) is 6.07 Å². The quantitative estimate of drug-likeness (QED) is 0.764. The lowest BCUT2D eigenvalue weighted by Gasteiger charge is -2.26. The molecule has 0 radical (unpaired) electrons. The smallest absolute Gasteiger partial charge is 0.285 e. The number of rotatable bonds is 5. The lowest BCUT2D eigenvalue weighted by atomic mass is 10.1. The molecule has 146 valence electrons. The van der Waals surface area contributed by atoms with Crippen LogP contribution >= 0.6 is 0 Å². The van der Waals surface area contributed by atoms with E-state index in [0.717, 1.165) is 12.8 Å². The highest BCUT2D eigenvalue weighted by atomic mass is 32.2. The fraction of sp³-hybridized carbons (Fsp3) is 0.500. The van der Waals surface area contributed by atoms with Gasteiger partial charge >= 0.3 is 0 Å². The number of hydrogen-bond acceptors (Lipinski definition) is 5. The Morgan fingerprint density at radius 1 is 1.33 bits per heavy atom. The summed E-state index contributed by atoms with van der Waals surface area (Å²) in [6, 6.07) is 5.42. The molecule has 27 heavy (non-hydrogen) atoms. The summed E-state index contributed by atoms with van der Waals surface area (Å²) >= 11 is 0. The minimum atomic E-state index is -3.74. The van der Waals surface area contributed by atoms with Crippen LogP contribution in [-0.2, 0) is 19.6 Å². The zero-order valence-corrected chi connectivity index (χ0v) is 16.3. The molecule has 2 amide bonds. The van der Waals surface area contributed by atoms with Crippen LogP contribution in [0.5, 0.6) is 0 Å². The largest absolute Gasteiger partial charge is 0.354 e. The Morgan fingerprint density at radius 2 is 2.07 bits per heavy atom. The first-order chi connectivity index (χ1) is 12.8. The van der Waals surface area contributed by atoms with Gasteiger partial charge in [0.25, 0.3) is 10.0 Å². The fourth-order valence-corrected chi connectivity index (χ4v) is 4.58. The van der Waals surface area contributed by atoms with Crippen molar-refractivity contribution in [3.63, 3.8) is 0 Å². The van der Waals surface area contributed by atoms with E-state index in [2.05, 4.69) is 15.0 Å². The number of sulfonamides is 1. The number of nitrogens with zero attached hydrogens (tertiary/aromatic N) is 2. The molecule has 8 nitrogen and oxygen atoms in total. The van der Waals surface area contributed by atoms with Gasteiger partial charge < -0.3 is 15.5 Å². The first kappa shape index (κ1) is 19.3. The summed E-state index contributed by atoms with van der Waals surface area (Å²) in [5, 5.41) is 5.48. The van der Waals surface area contributed by atoms with Crippen molar-refractivity contribution in [2.45, 2.75) is 50.1 Å². The molecular formula is C18H24N4O4S. The Kier molecular flexibility index (Phi) is 5.50. The molecule has 2 N–H and O–H groups in total. The average molecular weight is 392 g/mol. The van der Waals surface area contributed by atoms with E-state index < -0.39 is 22.1 Å². The number of likely N-dealkylation sites (tertiary alicyclic amines) is 1. The molecule has 0 unspecified atom stereocenters. The molecule has 2 heterocycles. The summed E-state index contributed by atoms with van der Waals surface area (Å²) in [7, 11) is -3.74. The van der Waals surface area contributed by atoms with Crippen molar-refractivity contribution < 1.29 is 18.0 Å². The summed E-state index contributed by atoms with van der Waals surface area (Å²) in [5.41, 5.74) is 0.519. The molecule has 1 aromatic carbocycles. The maximum Gasteiger partial charge on any atom is 0.285 e. The molecule has 2 aliphatic rings. The predicted molar refractivity (Wildman–Crippen MR) is 101 cm³/mol. The minimum Gasteiger partial charge on any atom is -0.354 e. The third-order valence-electron chi connectivity index (χ3n) is 4.74. The molecule has 0 bridgehead atoms. The summed E-state index contributed by atoms with van der Waals surface area (Å²) in [6.45, 7) is 4.68. The van der Waals surface area contributed by atoms with Gasteiger partial charge in [-0.15, -0.1) is 4.40 Å². The number of amidine groups is 1. The third kappa shape index (κ3) is 3.83. The van der Waals surface area contributed by atoms with Gasteiger partial charge in [0, 0.05) is 18.7 Å². The number of carbonyl (C=O) groups excluding carboxylic acids is 2. The predicted octanol–water partition coefficient (Wildman–Crippen LogP) is 0.631. The molecule has 0 spiro atoms. The monoisotopic (exact) mass is 392 g/mol. The second-order valence-electron chi connectivity index (χ2n) is 6.76. The van der Waals surface area contributed by atoms with Crippen molar-refractivity contribution in [3.05, 3.63) is 29.8 Å². The van der Waals surface area contributed by atoms with Crippen LogP contribution in [0.15, 0.2) is 33.6 Å². The summed E-state index contributed by atoms with van der Waals surface area (Å²) in [5.74, 6) is -0.219. The van der Waals surface area contributed by atoms with Crippen LogP contribution in [-0.4, -0.2) is 56.1 Å². The van der Waals surface area contributed by atoms with Crippen molar-refractivity contribution in [1.82, 2.24) is 15.5 Å². The van der Waals surface area contributed by atoms with E-state index in [4.69, 9.17) is 0 Å². The van der Waals surface area contributed by atoms with Gasteiger partial charge in [-0.3, -0.25) is 9.59 Å². The van der Waals surface area contributed by atoms with Gasteiger partial charge in [-0.05, 0) is 38.3 Å². The lowest BCUT2D eigenvalue weighted by Crippen LogP contribution is -2.52. The van der Waals surface area contributed by atoms with Crippen LogP contribution < -0.4 is 10.6 Å². The Balaban J connectivity index is 1.77. The highest BCUT2D eigenvalue weighted by molar-refractivity contribution is 7.90. The Bertz CT molecular complexity index is 881. The van der Waals surface area contributed by atoms with E-state index in [1.54, 1.807) is 30.0 Å². The highest BCUT2D eigenvalue weighted by Crippen LogP contribution is 2.31. The first-order valence-electron chi connectivity index (χ1n) is 9.14. The maximum atomic E-state index is 12.7. The topological polar surface area (TPSA) is 108 Å². The highest BCUT2D eigenvalue weighted by Gasteiger charge is 2.39. The van der Waals surface area contributed by atoms with Gasteiger partial charge in [0.2, 0.25) is 11.8 Å². The van der Waals surface area contributed by atoms with E-state index >= 15 is 0 Å². The van der Waals surface area contributed by atoms with E-state index in [1.807, 2.05) is 6.92 Å². The molecule has 1 aromatic rings. The SMILES string of the molecule is CCCNC(=O)[C@H](C)NC(=O)[C@@H]1CCCN1C1=NS(=O)(=O)c2ccccc21. The molecule has 1 fully saturated rings. The normalized spacial score (nSPS) is 21.3. The van der Waals surface area contributed by atoms with Gasteiger partial charge in [-0.1, -0.05) is 19.1 Å². The number of nitrogens with one attached hydrogen (secondary N) is 2. The van der Waals surface area contributed by atoms with Crippen LogP contribution in [0.3, 0.4) is 0 Å². The van der Waals surface area contributed by atoms with E-state index in [9.17, 15) is 18.0 Å². The lowest BCUT2D eigenvalue weighted by molar-refractivity contribution is -0.130. The van der Waals surface area contributed by atoms with Crippen molar-refractivity contribution in [2.75, 3.05) is 13.1 Å². The van der Waals surface area contributed by atoms with Crippen molar-refractivity contribution in [2.24, 2.45) is 4.40 Å². The molecule has 0 aromatic heterocycles. The van der Waals surface area contributed by atoms with Gasteiger partial charge in [0.1, 0.15) is 17.0 Å². The molecule has 2 aliphatic heterocycles. The molecular weight excluding hydrogens is 368 g/mol. The van der Waals surface area contributed by atoms with Crippen LogP contribution in [0.1, 0.15) is 38.7 Å². The van der Waals surface area contributed by atoms with Crippen molar-refractivity contribution >= 4 is 27.7 Å². The van der Waals surface area contributed by atoms with Gasteiger partial charge in [-0.25, -0.2) is 0 Å². The number of carbonyl (C=O) groups is 2. The number of amides is 2. The van der Waals surface area contributed by atoms with Gasteiger partial charge in [0.15, 0.2) is 5.84 Å². The standard InChI is InChI=1S/C18H24N4O4S/c1-3-10-19-17(23)12(2)20-18(24)14-8-6-11-22(14)16-13-7-4-5-9-15(13)27(25,26)21-16/h4-5,7,9,12,14H,3,6,8,10-11H2,1-2H3,(H,19,23)(H,20,24)/t12-,14-/m0/s1. The molecule has 1 saturated heterocycles. The minimum absolute atomic E-state index is 0.165. The number of benzene rings is 1. The molecule has 2 atom stereocenters. The van der Waals surface area contributed by atoms with Crippen LogP contribution in [0.25, 0.3) is 0 Å². The van der Waals surface area contributed by atoms with Crippen LogP contribution in [0, 0.1) is 0 Å². The Labute approximate surface area is 159 Å². The average Bonchev–Trinajstić information content (AvgIpc) is 3.22. The van der Waals surface area contributed by atoms with E-state index in [0.29, 0.717) is 30.9 Å². The third-order valence-corrected chi connectivity index (χ3v) is 6.07. The fourth-order valence-electron chi connectivity index (χ4n) is 3.36. The summed E-state index contributed by atoms with van der Waals surface area (Å²) in [4.78, 5) is 26.6. The Hall–Kier alpha value is -2.42. The summed E-state index contributed by atoms with van der Waals surface area (Å²) < 4.78 is 28.5. The molecule has 0 saturated carbocycles. The zero-order valence-electron chi connectivity index (χ0n) is 15.4. The van der Waals surface area contributed by atoms with E-state index in [-0.39, 0.29) is 16.7 Å². The Morgan fingerprint density at radius 3 is 2.81 bits per heavy atom. The second kappa shape index (κ2) is 7.67. The summed E-state index contributed by atoms with van der Waals surface area (Å²) in [6.07, 6.45) is 2.14. The molecule has 9 heteroatoms. The first-order valence-corrected chi connectivity index (χ1v) is 10.6. The van der Waals surface area contributed by atoms with Crippen LogP contribution in [0.2, 0.25) is 0 Å². The zero-order chi connectivity index (χ0) is 19.6. The molecule has 3 rings (SSSR count). The number of hydrogen-bond donors (Lipinski definition) is 2. The van der Waals surface area contributed by atoms with Gasteiger partial charge in [0.05, 0.1) is 0 Å². The van der Waals surface area contributed by atoms with Crippen LogP contribution in [0.4, 0.5) is 0 Å². The second-order valence-corrected chi connectivity index (χ2v) is 8.33. The van der Waals surface area contributed by atoms with Gasteiger partial charge in [-0.2, -0.15) is 8.42 Å². The molecule has 0 aliphatic carbocycles. The number of fused-ring (bicyclic) bond motifs is 1. The maximum absolute atomic E-state index is 12.7.